The summed E-state index contributed by atoms with van der Waals surface area (Å²) in [5, 5.41) is 19.7. The Hall–Kier alpha value is -1.33. The normalized spacial score (nSPS) is 9.33. The predicted molar refractivity (Wildman–Crippen MR) is 29.5 cm³/mol. The monoisotopic (exact) mass is 135 g/mol. The van der Waals surface area contributed by atoms with Gasteiger partial charge in [-0.3, -0.25) is 4.79 Å². The molecule has 3 N–H and O–H groups in total. The zero-order valence-corrected chi connectivity index (χ0v) is 5.24. The number of nitrogens with two attached hydrogens (primary N) is 1. The lowest BCUT2D eigenvalue weighted by atomic mass is 10.9. The average Bonchev–Trinajstić information content (AvgIpc) is 1.65. The van der Waals surface area contributed by atoms with Crippen LogP contribution in [-0.4, -0.2) is 23.1 Å². The van der Waals surface area contributed by atoms with Crippen LogP contribution in [0, 0.1) is 5.21 Å². The molecule has 0 saturated heterocycles. The van der Waals surface area contributed by atoms with Crippen molar-refractivity contribution in [1.82, 2.24) is 0 Å². The highest BCUT2D eigenvalue weighted by Gasteiger charge is 1.65. The summed E-state index contributed by atoms with van der Waals surface area (Å²) in [5.74, 6) is 3.57. The van der Waals surface area contributed by atoms with E-state index in [9.17, 15) is 5.21 Å². The van der Waals surface area contributed by atoms with Gasteiger partial charge in [0, 0.05) is 11.9 Å². The summed E-state index contributed by atoms with van der Waals surface area (Å²) in [6.07, 6.45) is 0. The van der Waals surface area contributed by atoms with Gasteiger partial charge in [0.15, 0.2) is 0 Å². The molecular weight excluding hydrogens is 126 g/mol. The van der Waals surface area contributed by atoms with E-state index in [4.69, 9.17) is 9.90 Å². The molecule has 0 aliphatic heterocycles. The van der Waals surface area contributed by atoms with Crippen molar-refractivity contribution < 1.29 is 14.9 Å². The Balaban J connectivity index is 0. The number of carbonyl (C=O) groups is 1. The first-order chi connectivity index (χ1) is 4.00. The molecule has 6 heteroatoms. The molecule has 0 aromatic heterocycles. The van der Waals surface area contributed by atoms with Crippen molar-refractivity contribution in [1.29, 1.82) is 0 Å². The van der Waals surface area contributed by atoms with Crippen molar-refractivity contribution in [2.75, 3.05) is 7.05 Å². The average molecular weight is 135 g/mol. The zero-order chi connectivity index (χ0) is 7.86. The third kappa shape index (κ3) is 324. The van der Waals surface area contributed by atoms with E-state index in [2.05, 4.69) is 11.0 Å². The number of aliphatic carboxylic acids is 1. The summed E-state index contributed by atoms with van der Waals surface area (Å²) in [7, 11) is 1.31. The van der Waals surface area contributed by atoms with Crippen molar-refractivity contribution in [3.05, 3.63) is 5.21 Å². The van der Waals surface area contributed by atoms with Gasteiger partial charge < -0.3 is 10.3 Å². The Bertz CT molecular complexity index is 103. The number of nitrogens with zero attached hydrogens (tertiary/aromatic N) is 2. The van der Waals surface area contributed by atoms with Crippen LogP contribution in [0.15, 0.2) is 5.11 Å². The van der Waals surface area contributed by atoms with Crippen molar-refractivity contribution in [2.24, 2.45) is 11.0 Å². The second kappa shape index (κ2) is 6.67. The summed E-state index contributed by atoms with van der Waals surface area (Å²) in [5.41, 5.74) is 0. The highest BCUT2D eigenvalue weighted by molar-refractivity contribution is 5.62. The molecule has 0 fully saturated rings. The van der Waals surface area contributed by atoms with Crippen molar-refractivity contribution in [2.45, 2.75) is 6.92 Å². The number of hydrogen-bond acceptors (Lipinski definition) is 3. The molecule has 0 aliphatic carbocycles. The number of hydrogen-bond donors (Lipinski definition) is 2. The summed E-state index contributed by atoms with van der Waals surface area (Å²) >= 11 is 0. The molecule has 0 radical (unpaired) electrons. The maximum atomic E-state index is 9.34. The Kier molecular flexibility index (Phi) is 7.87. The number of rotatable bonds is 0. The zero-order valence-electron chi connectivity index (χ0n) is 5.24. The maximum absolute atomic E-state index is 9.34. The lowest BCUT2D eigenvalue weighted by Gasteiger charge is -1.80. The molecule has 0 spiro atoms. The molecule has 9 heavy (non-hydrogen) atoms. The van der Waals surface area contributed by atoms with Gasteiger partial charge in [-0.1, -0.05) is 0 Å². The van der Waals surface area contributed by atoms with E-state index < -0.39 is 5.97 Å². The summed E-state index contributed by atoms with van der Waals surface area (Å²) < 4.78 is 0. The van der Waals surface area contributed by atoms with Crippen LogP contribution in [0.2, 0.25) is 0 Å². The fourth-order valence-electron chi connectivity index (χ4n) is 0. The van der Waals surface area contributed by atoms with E-state index >= 15 is 0 Å². The third-order valence-electron chi connectivity index (χ3n) is 0.197. The van der Waals surface area contributed by atoms with Gasteiger partial charge in [0.25, 0.3) is 5.97 Å². The van der Waals surface area contributed by atoms with Gasteiger partial charge in [0.2, 0.25) is 0 Å². The van der Waals surface area contributed by atoms with Crippen LogP contribution in [0.1, 0.15) is 6.92 Å². The molecule has 0 aromatic rings. The standard InChI is InChI=1S/C2H4O2.CH5N3O/c1-2(3)4;1-3-4(2)5/h1H3,(H,3,4);1H3,(H2,2,3). The van der Waals surface area contributed by atoms with E-state index in [1.165, 1.54) is 7.05 Å². The molecule has 0 aromatic carbocycles. The Morgan fingerprint density at radius 2 is 2.00 bits per heavy atom. The highest BCUT2D eigenvalue weighted by atomic mass is 16.5. The number of hydrazine groups is 1. The van der Waals surface area contributed by atoms with Crippen LogP contribution in [0.5, 0.6) is 0 Å². The molecule has 0 heterocycles. The Morgan fingerprint density at radius 1 is 1.89 bits per heavy atom. The first-order valence-corrected chi connectivity index (χ1v) is 2.02. The van der Waals surface area contributed by atoms with Gasteiger partial charge in [-0.05, 0) is 5.11 Å². The fourth-order valence-corrected chi connectivity index (χ4v) is 0. The van der Waals surface area contributed by atoms with E-state index in [1.807, 2.05) is 0 Å². The van der Waals surface area contributed by atoms with Gasteiger partial charge in [-0.25, -0.2) is 0 Å². The van der Waals surface area contributed by atoms with Gasteiger partial charge >= 0.3 is 0 Å². The summed E-state index contributed by atoms with van der Waals surface area (Å²) in [6.45, 7) is 1.08. The fraction of sp³-hybridized carbons (Fsp3) is 0.667. The number of carboxylic acids is 1. The van der Waals surface area contributed by atoms with Crippen LogP contribution in [0.4, 0.5) is 0 Å². The number of carboxylic acid groups (broad SMARTS) is 1. The van der Waals surface area contributed by atoms with Gasteiger partial charge in [0.1, 0.15) is 0 Å². The first kappa shape index (κ1) is 10.6. The molecule has 0 aliphatic rings. The van der Waals surface area contributed by atoms with Gasteiger partial charge in [-0.15, -0.1) is 0 Å². The minimum Gasteiger partial charge on any atom is -0.572 e. The molecule has 0 rings (SSSR count). The molecular formula is C3H9N3O3. The molecule has 0 atom stereocenters. The Morgan fingerprint density at radius 3 is 2.00 bits per heavy atom. The lowest BCUT2D eigenvalue weighted by Crippen LogP contribution is -2.06. The van der Waals surface area contributed by atoms with E-state index in [0.717, 1.165) is 6.92 Å². The molecule has 0 unspecified atom stereocenters. The van der Waals surface area contributed by atoms with Crippen LogP contribution in [0.25, 0.3) is 0 Å². The summed E-state index contributed by atoms with van der Waals surface area (Å²) in [4.78, 5) is 9.00. The van der Waals surface area contributed by atoms with Crippen molar-refractivity contribution in [3.63, 3.8) is 0 Å². The van der Waals surface area contributed by atoms with Crippen LogP contribution in [-0.2, 0) is 4.79 Å². The maximum Gasteiger partial charge on any atom is 0.300 e. The van der Waals surface area contributed by atoms with Crippen LogP contribution >= 0.6 is 0 Å². The molecule has 0 bridgehead atoms. The van der Waals surface area contributed by atoms with Crippen LogP contribution in [0.3, 0.4) is 0 Å². The van der Waals surface area contributed by atoms with Crippen LogP contribution < -0.4 is 5.84 Å². The smallest absolute Gasteiger partial charge is 0.300 e. The topological polar surface area (TPSA) is 102 Å². The van der Waals surface area contributed by atoms with Crippen molar-refractivity contribution >= 4 is 5.97 Å². The Labute approximate surface area is 52.1 Å². The molecule has 54 valence electrons. The van der Waals surface area contributed by atoms with Crippen molar-refractivity contribution in [3.8, 4) is 0 Å². The first-order valence-electron chi connectivity index (χ1n) is 2.02. The van der Waals surface area contributed by atoms with Gasteiger partial charge in [-0.2, -0.15) is 5.84 Å². The minimum absolute atomic E-state index is 0. The lowest BCUT2D eigenvalue weighted by molar-refractivity contribution is -0.540. The second-order valence-electron chi connectivity index (χ2n) is 1.02. The summed E-state index contributed by atoms with van der Waals surface area (Å²) in [6, 6.07) is 0. The minimum atomic E-state index is -0.833. The largest absolute Gasteiger partial charge is 0.572 e. The highest BCUT2D eigenvalue weighted by Crippen LogP contribution is 1.48. The molecule has 0 amide bonds. The van der Waals surface area contributed by atoms with E-state index in [1.54, 1.807) is 0 Å². The predicted octanol–water partition coefficient (Wildman–Crippen LogP) is -0.457. The second-order valence-corrected chi connectivity index (χ2v) is 1.02. The third-order valence-corrected chi connectivity index (χ3v) is 0.197. The van der Waals surface area contributed by atoms with E-state index in [0.29, 0.717) is 0 Å². The van der Waals surface area contributed by atoms with Gasteiger partial charge in [0.05, 0.1) is 7.05 Å². The quantitative estimate of drug-likeness (QED) is 0.203. The molecule has 0 saturated carbocycles. The molecule has 6 nitrogen and oxygen atoms in total. The SMILES string of the molecule is C/N=[N+](\N)[O-].CC(=O)O. The van der Waals surface area contributed by atoms with E-state index in [-0.39, 0.29) is 4.97 Å².